The molecule has 1 radical (unpaired) electrons. The topological polar surface area (TPSA) is 48.1 Å². The molecular weight excluding hydrogens is 152 g/mol. The molecule has 53 valence electrons. The van der Waals surface area contributed by atoms with Gasteiger partial charge in [0.25, 0.3) is 0 Å². The lowest BCUT2D eigenvalue weighted by Gasteiger charge is -1.99. The van der Waals surface area contributed by atoms with E-state index in [4.69, 9.17) is 22.1 Å². The van der Waals surface area contributed by atoms with Crippen molar-refractivity contribution in [2.75, 3.05) is 12.8 Å². The van der Waals surface area contributed by atoms with E-state index in [1.807, 2.05) is 0 Å². The largest absolute Gasteiger partial charge is 0.480 e. The lowest BCUT2D eigenvalue weighted by atomic mass is 10.4. The summed E-state index contributed by atoms with van der Waals surface area (Å²) in [4.78, 5) is 3.78. The van der Waals surface area contributed by atoms with Gasteiger partial charge in [-0.05, 0) is 6.07 Å². The zero-order valence-electron chi connectivity index (χ0n) is 5.39. The zero-order valence-corrected chi connectivity index (χ0v) is 6.14. The second-order valence-electron chi connectivity index (χ2n) is 1.65. The minimum Gasteiger partial charge on any atom is -0.480 e. The molecule has 0 saturated heterocycles. The Labute approximate surface area is 63.8 Å². The highest BCUT2D eigenvalue weighted by molar-refractivity contribution is 6.31. The fraction of sp³-hybridized carbons (Fsp3) is 0.167. The van der Waals surface area contributed by atoms with Crippen molar-refractivity contribution in [1.82, 2.24) is 4.98 Å². The summed E-state index contributed by atoms with van der Waals surface area (Å²) in [7, 11) is 1.47. The molecule has 0 unspecified atom stereocenters. The number of nitrogen functional groups attached to an aromatic ring is 1. The first kappa shape index (κ1) is 7.15. The molecule has 1 rings (SSSR count). The summed E-state index contributed by atoms with van der Waals surface area (Å²) in [5.41, 5.74) is 5.32. The quantitative estimate of drug-likeness (QED) is 0.665. The number of methoxy groups -OCH3 is 1. The van der Waals surface area contributed by atoms with Gasteiger partial charge in [-0.1, -0.05) is 11.6 Å². The Morgan fingerprint density at radius 1 is 1.80 bits per heavy atom. The van der Waals surface area contributed by atoms with E-state index >= 15 is 0 Å². The van der Waals surface area contributed by atoms with Crippen LogP contribution in [0, 0.1) is 6.07 Å². The Morgan fingerprint density at radius 3 is 3.00 bits per heavy atom. The van der Waals surface area contributed by atoms with Gasteiger partial charge < -0.3 is 10.5 Å². The van der Waals surface area contributed by atoms with Crippen LogP contribution in [0.3, 0.4) is 0 Å². The summed E-state index contributed by atoms with van der Waals surface area (Å²) < 4.78 is 4.77. The molecular formula is C6H6ClN2O. The number of nitrogens with two attached hydrogens (primary N) is 1. The van der Waals surface area contributed by atoms with Gasteiger partial charge >= 0.3 is 0 Å². The molecule has 0 spiro atoms. The number of pyridine rings is 1. The van der Waals surface area contributed by atoms with Crippen LogP contribution >= 0.6 is 11.6 Å². The smallest absolute Gasteiger partial charge is 0.234 e. The summed E-state index contributed by atoms with van der Waals surface area (Å²) in [5, 5.41) is 0.344. The van der Waals surface area contributed by atoms with Crippen molar-refractivity contribution in [2.24, 2.45) is 0 Å². The summed E-state index contributed by atoms with van der Waals surface area (Å²) in [6, 6.07) is 4.16. The highest BCUT2D eigenvalue weighted by atomic mass is 35.5. The van der Waals surface area contributed by atoms with Gasteiger partial charge in [-0.15, -0.1) is 0 Å². The summed E-state index contributed by atoms with van der Waals surface area (Å²) >= 11 is 5.60. The first-order valence-corrected chi connectivity index (χ1v) is 2.99. The van der Waals surface area contributed by atoms with Gasteiger partial charge in [-0.25, -0.2) is 0 Å². The summed E-state index contributed by atoms with van der Waals surface area (Å²) in [6.45, 7) is 0. The van der Waals surface area contributed by atoms with Crippen LogP contribution in [0.1, 0.15) is 0 Å². The van der Waals surface area contributed by atoms with Gasteiger partial charge in [-0.3, -0.25) is 0 Å². The fourth-order valence-corrected chi connectivity index (χ4v) is 0.707. The molecule has 0 aliphatic carbocycles. The first-order valence-electron chi connectivity index (χ1n) is 2.61. The Balaban J connectivity index is 3.09. The summed E-state index contributed by atoms with van der Waals surface area (Å²) in [6.07, 6.45) is 0. The molecule has 3 nitrogen and oxygen atoms in total. The van der Waals surface area contributed by atoms with Crippen LogP contribution in [0.5, 0.6) is 5.88 Å². The maximum Gasteiger partial charge on any atom is 0.234 e. The van der Waals surface area contributed by atoms with Crippen molar-refractivity contribution in [3.8, 4) is 5.88 Å². The Bertz CT molecular complexity index is 239. The predicted octanol–water partition coefficient (Wildman–Crippen LogP) is 1.13. The molecule has 0 atom stereocenters. The minimum atomic E-state index is 0.307. The number of hydrogen-bond acceptors (Lipinski definition) is 3. The van der Waals surface area contributed by atoms with Crippen LogP contribution in [-0.2, 0) is 0 Å². The molecule has 4 heteroatoms. The Hall–Kier alpha value is -0.960. The van der Waals surface area contributed by atoms with E-state index < -0.39 is 0 Å². The molecule has 2 N–H and O–H groups in total. The lowest BCUT2D eigenvalue weighted by molar-refractivity contribution is 0.399. The van der Waals surface area contributed by atoms with Crippen LogP contribution in [0.4, 0.5) is 5.82 Å². The van der Waals surface area contributed by atoms with Crippen LogP contribution < -0.4 is 10.5 Å². The molecule has 0 aliphatic heterocycles. The average Bonchev–Trinajstić information content (AvgIpc) is 1.94. The van der Waals surface area contributed by atoms with Crippen molar-refractivity contribution in [1.29, 1.82) is 0 Å². The normalized spacial score (nSPS) is 9.40. The van der Waals surface area contributed by atoms with Gasteiger partial charge in [0.2, 0.25) is 5.88 Å². The Kier molecular flexibility index (Phi) is 1.97. The third-order valence-electron chi connectivity index (χ3n) is 0.959. The molecule has 0 saturated carbocycles. The Morgan fingerprint density at radius 2 is 2.50 bits per heavy atom. The third kappa shape index (κ3) is 1.30. The van der Waals surface area contributed by atoms with E-state index in [0.717, 1.165) is 0 Å². The molecule has 0 aliphatic rings. The van der Waals surface area contributed by atoms with Crippen molar-refractivity contribution in [2.45, 2.75) is 0 Å². The summed E-state index contributed by atoms with van der Waals surface area (Å²) in [5.74, 6) is 0.655. The first-order chi connectivity index (χ1) is 4.74. The molecule has 0 aromatic carbocycles. The van der Waals surface area contributed by atoms with E-state index in [2.05, 4.69) is 11.1 Å². The predicted molar refractivity (Wildman–Crippen MR) is 39.0 cm³/mol. The number of rotatable bonds is 1. The highest BCUT2D eigenvalue weighted by Gasteiger charge is 2.00. The molecule has 1 aromatic heterocycles. The van der Waals surface area contributed by atoms with Crippen LogP contribution in [0.2, 0.25) is 5.02 Å². The monoisotopic (exact) mass is 157 g/mol. The van der Waals surface area contributed by atoms with Crippen molar-refractivity contribution < 1.29 is 4.74 Å². The second kappa shape index (κ2) is 2.75. The standard InChI is InChI=1S/C6H6ClN2O/c1-10-6-4(7)2-3-5(8)9-6/h3H,1H3,(H2,8,9). The number of anilines is 1. The maximum absolute atomic E-state index is 5.60. The van der Waals surface area contributed by atoms with Gasteiger partial charge in [0.15, 0.2) is 0 Å². The lowest BCUT2D eigenvalue weighted by Crippen LogP contribution is -1.93. The number of ether oxygens (including phenoxy) is 1. The van der Waals surface area contributed by atoms with E-state index in [0.29, 0.717) is 16.7 Å². The molecule has 1 heterocycles. The van der Waals surface area contributed by atoms with Crippen LogP contribution in [-0.4, -0.2) is 12.1 Å². The number of hydrogen-bond donors (Lipinski definition) is 1. The third-order valence-corrected chi connectivity index (χ3v) is 1.23. The van der Waals surface area contributed by atoms with Crippen molar-refractivity contribution in [3.05, 3.63) is 17.2 Å². The van der Waals surface area contributed by atoms with Gasteiger partial charge in [0.05, 0.1) is 7.11 Å². The van der Waals surface area contributed by atoms with Gasteiger partial charge in [-0.2, -0.15) is 4.98 Å². The van der Waals surface area contributed by atoms with Gasteiger partial charge in [0, 0.05) is 6.07 Å². The molecule has 0 bridgehead atoms. The van der Waals surface area contributed by atoms with E-state index in [1.54, 1.807) is 0 Å². The van der Waals surface area contributed by atoms with Gasteiger partial charge in [0.1, 0.15) is 10.8 Å². The van der Waals surface area contributed by atoms with E-state index in [1.165, 1.54) is 13.2 Å². The SMILES string of the molecule is COc1nc(N)c[c]c1Cl. The second-order valence-corrected chi connectivity index (χ2v) is 2.03. The molecule has 0 amide bonds. The number of halogens is 1. The van der Waals surface area contributed by atoms with Crippen LogP contribution in [0.25, 0.3) is 0 Å². The fourth-order valence-electron chi connectivity index (χ4n) is 0.533. The maximum atomic E-state index is 5.60. The highest BCUT2D eigenvalue weighted by Crippen LogP contribution is 2.20. The minimum absolute atomic E-state index is 0.307. The molecule has 10 heavy (non-hydrogen) atoms. The van der Waals surface area contributed by atoms with Crippen LogP contribution in [0.15, 0.2) is 6.07 Å². The number of aromatic nitrogens is 1. The average molecular weight is 158 g/mol. The molecule has 1 aromatic rings. The molecule has 0 fully saturated rings. The van der Waals surface area contributed by atoms with Crippen molar-refractivity contribution in [3.63, 3.8) is 0 Å². The zero-order chi connectivity index (χ0) is 7.56. The number of nitrogens with zero attached hydrogens (tertiary/aromatic N) is 1. The van der Waals surface area contributed by atoms with E-state index in [-0.39, 0.29) is 0 Å². The van der Waals surface area contributed by atoms with E-state index in [9.17, 15) is 0 Å². The van der Waals surface area contributed by atoms with Crippen molar-refractivity contribution >= 4 is 17.4 Å².